The molecule has 0 saturated carbocycles. The van der Waals surface area contributed by atoms with Crippen molar-refractivity contribution >= 4 is 0 Å². The minimum Gasteiger partial charge on any atom is -0.377 e. The summed E-state index contributed by atoms with van der Waals surface area (Å²) in [6, 6.07) is 0. The van der Waals surface area contributed by atoms with Crippen LogP contribution in [0, 0.1) is 0 Å². The lowest BCUT2D eigenvalue weighted by molar-refractivity contribution is 0.0303. The Bertz CT molecular complexity index is 206. The van der Waals surface area contributed by atoms with Crippen LogP contribution in [0.2, 0.25) is 0 Å². The molecule has 0 aromatic heterocycles. The number of rotatable bonds is 17. The zero-order valence-electron chi connectivity index (χ0n) is 16.0. The molecule has 0 bridgehead atoms. The Kier molecular flexibility index (Phi) is 17.2. The van der Waals surface area contributed by atoms with Crippen LogP contribution in [0.4, 0.5) is 0 Å². The first-order valence-corrected chi connectivity index (χ1v) is 9.97. The monoisotopic (exact) mass is 313 g/mol. The van der Waals surface area contributed by atoms with Gasteiger partial charge in [-0.05, 0) is 26.9 Å². The van der Waals surface area contributed by atoms with Gasteiger partial charge in [0.2, 0.25) is 0 Å². The van der Waals surface area contributed by atoms with Gasteiger partial charge in [0.1, 0.15) is 0 Å². The molecule has 0 rings (SSSR count). The minimum absolute atomic E-state index is 0.507. The molecule has 0 radical (unpaired) electrons. The number of unbranched alkanes of at least 4 members (excludes halogenated alkanes) is 9. The summed E-state index contributed by atoms with van der Waals surface area (Å²) in [6.45, 7) is 6.50. The van der Waals surface area contributed by atoms with Gasteiger partial charge >= 0.3 is 0 Å². The van der Waals surface area contributed by atoms with Crippen molar-refractivity contribution in [3.63, 3.8) is 0 Å². The van der Waals surface area contributed by atoms with Crippen molar-refractivity contribution in [1.29, 1.82) is 0 Å². The van der Waals surface area contributed by atoms with Gasteiger partial charge in [-0.1, -0.05) is 84.5 Å². The van der Waals surface area contributed by atoms with Crippen molar-refractivity contribution < 1.29 is 4.74 Å². The maximum Gasteiger partial charge on any atom is 0.0596 e. The van der Waals surface area contributed by atoms with Gasteiger partial charge in [-0.25, -0.2) is 0 Å². The third-order valence-corrected chi connectivity index (χ3v) is 4.40. The molecule has 0 aromatic rings. The van der Waals surface area contributed by atoms with Crippen LogP contribution < -0.4 is 0 Å². The molecule has 22 heavy (non-hydrogen) atoms. The molecule has 2 heteroatoms. The fraction of sp³-hybridized carbons (Fsp3) is 1.00. The van der Waals surface area contributed by atoms with E-state index in [2.05, 4.69) is 32.8 Å². The number of nitrogens with zero attached hydrogens (tertiary/aromatic N) is 1. The van der Waals surface area contributed by atoms with E-state index in [1.165, 1.54) is 83.5 Å². The standard InChI is InChI=1S/C20H43NO/c1-5-7-9-11-13-15-17-20(22-19-18-21(3)4)16-14-12-10-8-6-2/h20H,5-19H2,1-4H3. The van der Waals surface area contributed by atoms with Gasteiger partial charge in [-0.3, -0.25) is 0 Å². The van der Waals surface area contributed by atoms with Gasteiger partial charge in [0.25, 0.3) is 0 Å². The zero-order valence-corrected chi connectivity index (χ0v) is 16.0. The zero-order chi connectivity index (χ0) is 16.5. The second-order valence-electron chi connectivity index (χ2n) is 7.06. The first-order chi connectivity index (χ1) is 10.7. The summed E-state index contributed by atoms with van der Waals surface area (Å²) >= 11 is 0. The molecular weight excluding hydrogens is 270 g/mol. The second-order valence-corrected chi connectivity index (χ2v) is 7.06. The van der Waals surface area contributed by atoms with Gasteiger partial charge in [-0.2, -0.15) is 0 Å². The van der Waals surface area contributed by atoms with Crippen molar-refractivity contribution in [2.45, 2.75) is 103 Å². The first-order valence-electron chi connectivity index (χ1n) is 9.97. The lowest BCUT2D eigenvalue weighted by atomic mass is 10.0. The molecule has 0 saturated heterocycles. The van der Waals surface area contributed by atoms with Gasteiger partial charge in [0.05, 0.1) is 12.7 Å². The van der Waals surface area contributed by atoms with Crippen LogP contribution in [-0.4, -0.2) is 38.3 Å². The van der Waals surface area contributed by atoms with Crippen LogP contribution in [0.5, 0.6) is 0 Å². The highest BCUT2D eigenvalue weighted by Crippen LogP contribution is 2.16. The van der Waals surface area contributed by atoms with Crippen LogP contribution >= 0.6 is 0 Å². The normalized spacial score (nSPS) is 13.0. The number of ether oxygens (including phenoxy) is 1. The maximum atomic E-state index is 6.15. The molecule has 0 aliphatic carbocycles. The number of likely N-dealkylation sites (N-methyl/N-ethyl adjacent to an activating group) is 1. The fourth-order valence-electron chi connectivity index (χ4n) is 2.84. The van der Waals surface area contributed by atoms with Gasteiger partial charge < -0.3 is 9.64 Å². The SMILES string of the molecule is CCCCCCCCC(CCCCCCC)OCCN(C)C. The van der Waals surface area contributed by atoms with E-state index in [1.807, 2.05) is 0 Å². The Hall–Kier alpha value is -0.0800. The van der Waals surface area contributed by atoms with Gasteiger partial charge in [0.15, 0.2) is 0 Å². The average molecular weight is 314 g/mol. The van der Waals surface area contributed by atoms with E-state index in [9.17, 15) is 0 Å². The summed E-state index contributed by atoms with van der Waals surface area (Å²) in [5.74, 6) is 0. The number of hydrogen-bond acceptors (Lipinski definition) is 2. The molecule has 0 aliphatic rings. The highest BCUT2D eigenvalue weighted by molar-refractivity contribution is 4.61. The summed E-state index contributed by atoms with van der Waals surface area (Å²) in [4.78, 5) is 2.21. The molecule has 2 nitrogen and oxygen atoms in total. The van der Waals surface area contributed by atoms with Crippen molar-refractivity contribution in [2.24, 2.45) is 0 Å². The van der Waals surface area contributed by atoms with Crippen LogP contribution in [-0.2, 0) is 4.74 Å². The van der Waals surface area contributed by atoms with E-state index in [-0.39, 0.29) is 0 Å². The third-order valence-electron chi connectivity index (χ3n) is 4.40. The molecule has 0 spiro atoms. The molecule has 0 amide bonds. The molecule has 0 N–H and O–H groups in total. The summed E-state index contributed by atoms with van der Waals surface area (Å²) in [5.41, 5.74) is 0. The predicted molar refractivity (Wildman–Crippen MR) is 99.7 cm³/mol. The van der Waals surface area contributed by atoms with Crippen LogP contribution in [0.15, 0.2) is 0 Å². The quantitative estimate of drug-likeness (QED) is 0.303. The van der Waals surface area contributed by atoms with E-state index < -0.39 is 0 Å². The van der Waals surface area contributed by atoms with Crippen LogP contribution in [0.25, 0.3) is 0 Å². The average Bonchev–Trinajstić information content (AvgIpc) is 2.49. The van der Waals surface area contributed by atoms with Crippen molar-refractivity contribution in [2.75, 3.05) is 27.2 Å². The Morgan fingerprint density at radius 2 is 1.14 bits per heavy atom. The summed E-state index contributed by atoms with van der Waals surface area (Å²) in [7, 11) is 4.24. The Labute approximate surface area is 141 Å². The van der Waals surface area contributed by atoms with E-state index >= 15 is 0 Å². The van der Waals surface area contributed by atoms with Crippen molar-refractivity contribution in [1.82, 2.24) is 4.90 Å². The molecule has 0 aromatic carbocycles. The van der Waals surface area contributed by atoms with Gasteiger partial charge in [0, 0.05) is 6.54 Å². The third kappa shape index (κ3) is 16.3. The summed E-state index contributed by atoms with van der Waals surface area (Å²) < 4.78 is 6.15. The Balaban J connectivity index is 3.74. The number of hydrogen-bond donors (Lipinski definition) is 0. The smallest absolute Gasteiger partial charge is 0.0596 e. The Morgan fingerprint density at radius 1 is 0.682 bits per heavy atom. The molecule has 1 atom stereocenters. The van der Waals surface area contributed by atoms with Gasteiger partial charge in [-0.15, -0.1) is 0 Å². The topological polar surface area (TPSA) is 12.5 Å². The van der Waals surface area contributed by atoms with Crippen molar-refractivity contribution in [3.05, 3.63) is 0 Å². The summed E-state index contributed by atoms with van der Waals surface area (Å²) in [6.07, 6.45) is 18.2. The van der Waals surface area contributed by atoms with E-state index in [1.54, 1.807) is 0 Å². The highest BCUT2D eigenvalue weighted by Gasteiger charge is 2.09. The predicted octanol–water partition coefficient (Wildman–Crippen LogP) is 6.04. The lowest BCUT2D eigenvalue weighted by Gasteiger charge is -2.19. The van der Waals surface area contributed by atoms with Crippen LogP contribution in [0.1, 0.15) is 97.3 Å². The molecular formula is C20H43NO. The molecule has 0 fully saturated rings. The Morgan fingerprint density at radius 3 is 1.59 bits per heavy atom. The molecule has 0 aliphatic heterocycles. The second kappa shape index (κ2) is 17.3. The molecule has 1 unspecified atom stereocenters. The first kappa shape index (κ1) is 21.9. The largest absolute Gasteiger partial charge is 0.377 e. The lowest BCUT2D eigenvalue weighted by Crippen LogP contribution is -2.22. The fourth-order valence-corrected chi connectivity index (χ4v) is 2.84. The minimum atomic E-state index is 0.507. The highest BCUT2D eigenvalue weighted by atomic mass is 16.5. The maximum absolute atomic E-state index is 6.15. The van der Waals surface area contributed by atoms with E-state index in [0.29, 0.717) is 6.10 Å². The van der Waals surface area contributed by atoms with E-state index in [4.69, 9.17) is 4.74 Å². The van der Waals surface area contributed by atoms with Crippen LogP contribution in [0.3, 0.4) is 0 Å². The molecule has 134 valence electrons. The van der Waals surface area contributed by atoms with Crippen molar-refractivity contribution in [3.8, 4) is 0 Å². The van der Waals surface area contributed by atoms with E-state index in [0.717, 1.165) is 13.2 Å². The summed E-state index contributed by atoms with van der Waals surface area (Å²) in [5, 5.41) is 0. The molecule has 0 heterocycles.